The first kappa shape index (κ1) is 31.7. The van der Waals surface area contributed by atoms with E-state index in [9.17, 15) is 29.0 Å². The van der Waals surface area contributed by atoms with E-state index in [2.05, 4.69) is 4.33 Å². The second-order valence-corrected chi connectivity index (χ2v) is 7.71. The van der Waals surface area contributed by atoms with Crippen molar-refractivity contribution in [3.63, 3.8) is 0 Å². The van der Waals surface area contributed by atoms with Crippen molar-refractivity contribution in [1.82, 2.24) is 0 Å². The van der Waals surface area contributed by atoms with Gasteiger partial charge >= 0.3 is 29.6 Å². The molecule has 0 aliphatic carbocycles. The Morgan fingerprint density at radius 1 is 1.03 bits per heavy atom. The zero-order valence-corrected chi connectivity index (χ0v) is 19.5. The maximum atomic E-state index is 12.0. The first-order valence-electron chi connectivity index (χ1n) is 7.96. The maximum absolute atomic E-state index is 12.0. The molecule has 2 aliphatic rings. The average Bonchev–Trinajstić information content (AvgIpc) is 2.66. The maximum Gasteiger partial charge on any atom is 1.00 e. The molecule has 4 N–H and O–H groups in total. The Morgan fingerprint density at radius 3 is 2.07 bits per heavy atom. The molecule has 0 bridgehead atoms. The zero-order chi connectivity index (χ0) is 20.9. The Balaban J connectivity index is 0. The number of methoxy groups -OCH3 is 1. The Bertz CT molecular complexity index is 550. The normalized spacial score (nSPS) is 40.0. The van der Waals surface area contributed by atoms with Crippen LogP contribution in [0, 0.1) is 12.5 Å². The smallest absolute Gasteiger partial charge is 0.870 e. The summed E-state index contributed by atoms with van der Waals surface area (Å²) in [5.74, 6) is -0.483. The van der Waals surface area contributed by atoms with Crippen molar-refractivity contribution in [3.05, 3.63) is 6.61 Å². The molecule has 0 amide bonds. The van der Waals surface area contributed by atoms with Gasteiger partial charge in [-0.2, -0.15) is 15.5 Å². The van der Waals surface area contributed by atoms with Gasteiger partial charge in [0.2, 0.25) is 0 Å². The Hall–Kier alpha value is 0.510. The molecule has 29 heavy (non-hydrogen) atoms. The number of rotatable bonds is 5. The van der Waals surface area contributed by atoms with Gasteiger partial charge in [-0.1, -0.05) is 6.92 Å². The van der Waals surface area contributed by atoms with Gasteiger partial charge in [0.15, 0.2) is 12.6 Å². The summed E-state index contributed by atoms with van der Waals surface area (Å²) in [6.07, 6.45) is -9.66. The van der Waals surface area contributed by atoms with Crippen LogP contribution in [-0.4, -0.2) is 91.8 Å². The summed E-state index contributed by atoms with van der Waals surface area (Å²) in [6, 6.07) is 0. The molecule has 0 aromatic heterocycles. The van der Waals surface area contributed by atoms with Crippen molar-refractivity contribution in [2.24, 2.45) is 5.92 Å². The summed E-state index contributed by atoms with van der Waals surface area (Å²) >= 11 is 0. The van der Waals surface area contributed by atoms with Crippen LogP contribution in [0.2, 0.25) is 0 Å². The minimum Gasteiger partial charge on any atom is -0.870 e. The average molecular weight is 457 g/mol. The van der Waals surface area contributed by atoms with Gasteiger partial charge in [0, 0.05) is 7.11 Å². The van der Waals surface area contributed by atoms with Crippen molar-refractivity contribution in [2.45, 2.75) is 62.2 Å². The van der Waals surface area contributed by atoms with Crippen molar-refractivity contribution >= 4 is 10.1 Å². The van der Waals surface area contributed by atoms with Crippen molar-refractivity contribution in [1.29, 1.82) is 0 Å². The van der Waals surface area contributed by atoms with Crippen LogP contribution in [0.1, 0.15) is 13.8 Å². The van der Waals surface area contributed by atoms with Crippen molar-refractivity contribution in [3.8, 4) is 0 Å². The molecule has 2 rings (SSSR count). The van der Waals surface area contributed by atoms with E-state index in [4.69, 9.17) is 24.1 Å². The molecule has 0 radical (unpaired) electrons. The quantitative estimate of drug-likeness (QED) is 0.151. The van der Waals surface area contributed by atoms with Crippen LogP contribution in [0.15, 0.2) is 0 Å². The van der Waals surface area contributed by atoms with Crippen LogP contribution < -0.4 is 39.9 Å². The SMILES string of the molecule is COC1OC(C)[C@H](O[C@@H]2O[CH-][C@@H](C)[C@H](O)[C@H]2O)[C@@H](S(=O)(=O)O[O-])[C@@H]1O.C[O-].[Na+].[OH-]. The fourth-order valence-corrected chi connectivity index (χ4v) is 4.03. The molecule has 0 aromatic carbocycles. The Kier molecular flexibility index (Phi) is 15.1. The Morgan fingerprint density at radius 2 is 1.59 bits per heavy atom. The number of hydrogen-bond acceptors (Lipinski definition) is 13. The minimum absolute atomic E-state index is 0. The molecule has 9 atom stereocenters. The van der Waals surface area contributed by atoms with E-state index in [0.29, 0.717) is 0 Å². The van der Waals surface area contributed by atoms with E-state index in [1.807, 2.05) is 0 Å². The van der Waals surface area contributed by atoms with Crippen LogP contribution in [0.25, 0.3) is 0 Å². The summed E-state index contributed by atoms with van der Waals surface area (Å²) in [7, 11) is -2.85. The molecule has 2 saturated heterocycles. The van der Waals surface area contributed by atoms with Crippen LogP contribution in [0.3, 0.4) is 0 Å². The van der Waals surface area contributed by atoms with Gasteiger partial charge in [-0.05, 0) is 6.92 Å². The Labute approximate surface area is 191 Å². The first-order valence-corrected chi connectivity index (χ1v) is 9.44. The van der Waals surface area contributed by atoms with Gasteiger partial charge in [-0.3, -0.25) is 0 Å². The number of hydrogen-bond donors (Lipinski definition) is 3. The van der Waals surface area contributed by atoms with Gasteiger partial charge < -0.3 is 54.4 Å². The van der Waals surface area contributed by atoms with Gasteiger partial charge in [0.05, 0.1) is 12.2 Å². The van der Waals surface area contributed by atoms with Crippen molar-refractivity contribution in [2.75, 3.05) is 14.2 Å². The van der Waals surface area contributed by atoms with Crippen LogP contribution in [0.4, 0.5) is 0 Å². The molecule has 0 saturated carbocycles. The first-order chi connectivity index (χ1) is 12.6. The minimum atomic E-state index is -4.79. The molecule has 2 unspecified atom stereocenters. The predicted octanol–water partition coefficient (Wildman–Crippen LogP) is -7.21. The van der Waals surface area contributed by atoms with E-state index in [-0.39, 0.29) is 35.0 Å². The molecule has 2 heterocycles. The standard InChI is InChI=1S/C13H23O11S.CH3O.Na.H2O/c1-5-4-21-13(8(15)7(5)14)23-10-6(2)22-12(20-3)9(16)11(10)25(18,19)24-17;1-2;;/h4-17H,1-3H3;1H3;;1H2/q2*-1;+1;/p-2/t5-,6?,7+,8-,9+,10+,11+,12?,13+;;;/m1.../s1. The van der Waals surface area contributed by atoms with E-state index in [1.165, 1.54) is 20.6 Å². The molecular formula is C14H26NaO13S-3. The van der Waals surface area contributed by atoms with Crippen molar-refractivity contribution < 1.29 is 92.4 Å². The van der Waals surface area contributed by atoms with E-state index >= 15 is 0 Å². The molecule has 2 fully saturated rings. The van der Waals surface area contributed by atoms with Gasteiger partial charge in [-0.25, -0.2) is 6.61 Å². The number of ether oxygens (including phenoxy) is 4. The third-order valence-corrected chi connectivity index (χ3v) is 5.70. The van der Waals surface area contributed by atoms with Gasteiger partial charge in [-0.15, -0.1) is 5.92 Å². The van der Waals surface area contributed by atoms with Crippen LogP contribution in [0.5, 0.6) is 0 Å². The van der Waals surface area contributed by atoms with E-state index in [0.717, 1.165) is 7.11 Å². The molecular weight excluding hydrogens is 431 g/mol. The molecule has 0 spiro atoms. The predicted molar refractivity (Wildman–Crippen MR) is 84.2 cm³/mol. The third-order valence-electron chi connectivity index (χ3n) is 4.30. The van der Waals surface area contributed by atoms with E-state index in [1.54, 1.807) is 6.92 Å². The zero-order valence-electron chi connectivity index (χ0n) is 16.6. The molecule has 170 valence electrons. The molecule has 15 heteroatoms. The third kappa shape index (κ3) is 7.27. The van der Waals surface area contributed by atoms with E-state index < -0.39 is 64.4 Å². The topological polar surface area (TPSA) is 217 Å². The second kappa shape index (κ2) is 13.8. The summed E-state index contributed by atoms with van der Waals surface area (Å²) in [5.41, 5.74) is 0. The fraction of sp³-hybridized carbons (Fsp3) is 0.929. The molecule has 2 aliphatic heterocycles. The summed E-state index contributed by atoms with van der Waals surface area (Å²) < 4.78 is 48.0. The summed E-state index contributed by atoms with van der Waals surface area (Å²) in [5, 5.41) is 47.1. The van der Waals surface area contributed by atoms with Gasteiger partial charge in [0.25, 0.3) is 10.1 Å². The van der Waals surface area contributed by atoms with Gasteiger partial charge in [0.1, 0.15) is 23.6 Å². The molecule has 13 nitrogen and oxygen atoms in total. The number of aliphatic hydroxyl groups is 3. The largest absolute Gasteiger partial charge is 1.00 e. The summed E-state index contributed by atoms with van der Waals surface area (Å²) in [6.45, 7) is 4.26. The molecule has 0 aromatic rings. The monoisotopic (exact) mass is 457 g/mol. The number of aliphatic hydroxyl groups excluding tert-OH is 3. The van der Waals surface area contributed by atoms with Crippen LogP contribution >= 0.6 is 0 Å². The second-order valence-electron chi connectivity index (χ2n) is 6.04. The fourth-order valence-electron chi connectivity index (χ4n) is 2.85. The van der Waals surface area contributed by atoms with Crippen LogP contribution in [-0.2, 0) is 33.4 Å². The summed E-state index contributed by atoms with van der Waals surface area (Å²) in [4.78, 5) is 0.